The van der Waals surface area contributed by atoms with E-state index in [4.69, 9.17) is 4.74 Å². The van der Waals surface area contributed by atoms with Crippen LogP contribution in [-0.4, -0.2) is 30.1 Å². The van der Waals surface area contributed by atoms with Crippen LogP contribution in [0.2, 0.25) is 0 Å². The van der Waals surface area contributed by atoms with Crippen molar-refractivity contribution in [1.82, 2.24) is 10.3 Å². The van der Waals surface area contributed by atoms with Crippen molar-refractivity contribution in [1.29, 1.82) is 0 Å². The summed E-state index contributed by atoms with van der Waals surface area (Å²) < 4.78 is 5.64. The number of fused-ring (bicyclic) bond motifs is 3. The number of hydrogen-bond acceptors (Lipinski definition) is 4. The van der Waals surface area contributed by atoms with Crippen LogP contribution < -0.4 is 10.6 Å². The predicted molar refractivity (Wildman–Crippen MR) is 108 cm³/mol. The Morgan fingerprint density at radius 2 is 2.25 bits per heavy atom. The molecule has 0 saturated carbocycles. The van der Waals surface area contributed by atoms with E-state index in [9.17, 15) is 4.79 Å². The number of carbonyl (C=O) groups is 1. The highest BCUT2D eigenvalue weighted by molar-refractivity contribution is 6.00. The third kappa shape index (κ3) is 3.10. The number of nitrogens with zero attached hydrogens (tertiary/aromatic N) is 1. The van der Waals surface area contributed by atoms with Crippen LogP contribution in [0.3, 0.4) is 0 Å². The molecule has 3 heterocycles. The molecule has 1 aliphatic carbocycles. The van der Waals surface area contributed by atoms with Gasteiger partial charge in [-0.25, -0.2) is 0 Å². The smallest absolute Gasteiger partial charge is 0.253 e. The van der Waals surface area contributed by atoms with Gasteiger partial charge < -0.3 is 15.4 Å². The monoisotopic (exact) mass is 375 g/mol. The minimum absolute atomic E-state index is 0.0368. The van der Waals surface area contributed by atoms with Crippen molar-refractivity contribution < 1.29 is 9.53 Å². The summed E-state index contributed by atoms with van der Waals surface area (Å²) in [5, 5.41) is 6.76. The number of benzene rings is 1. The highest BCUT2D eigenvalue weighted by Gasteiger charge is 2.39. The van der Waals surface area contributed by atoms with Gasteiger partial charge in [0.1, 0.15) is 0 Å². The number of rotatable bonds is 4. The molecule has 4 unspecified atom stereocenters. The number of amides is 1. The summed E-state index contributed by atoms with van der Waals surface area (Å²) >= 11 is 0. The van der Waals surface area contributed by atoms with Crippen molar-refractivity contribution in [3.8, 4) is 0 Å². The Bertz CT molecular complexity index is 890. The maximum Gasteiger partial charge on any atom is 0.253 e. The van der Waals surface area contributed by atoms with Crippen LogP contribution in [-0.2, 0) is 4.74 Å². The highest BCUT2D eigenvalue weighted by atomic mass is 16.5. The summed E-state index contributed by atoms with van der Waals surface area (Å²) in [6.07, 6.45) is 11.6. The Hall–Kier alpha value is -2.66. The van der Waals surface area contributed by atoms with Crippen LogP contribution in [0.1, 0.15) is 52.7 Å². The molecule has 3 aliphatic rings. The number of nitrogens with one attached hydrogen (secondary N) is 2. The first-order valence-electron chi connectivity index (χ1n) is 10.2. The zero-order chi connectivity index (χ0) is 18.9. The molecule has 2 aliphatic heterocycles. The Morgan fingerprint density at radius 3 is 3.07 bits per heavy atom. The minimum Gasteiger partial charge on any atom is -0.377 e. The maximum atomic E-state index is 13.0. The van der Waals surface area contributed by atoms with Crippen molar-refractivity contribution in [2.45, 2.75) is 37.3 Å². The summed E-state index contributed by atoms with van der Waals surface area (Å²) in [4.78, 5) is 17.3. The van der Waals surface area contributed by atoms with Crippen molar-refractivity contribution in [2.75, 3.05) is 18.5 Å². The van der Waals surface area contributed by atoms with Gasteiger partial charge in [0.15, 0.2) is 0 Å². The van der Waals surface area contributed by atoms with E-state index < -0.39 is 0 Å². The van der Waals surface area contributed by atoms with E-state index in [0.29, 0.717) is 23.9 Å². The minimum atomic E-state index is -0.0368. The van der Waals surface area contributed by atoms with Crippen LogP contribution in [0.5, 0.6) is 0 Å². The number of pyridine rings is 1. The van der Waals surface area contributed by atoms with Gasteiger partial charge in [-0.05, 0) is 48.4 Å². The number of aromatic nitrogens is 1. The molecule has 2 aromatic rings. The molecule has 5 heteroatoms. The Morgan fingerprint density at radius 1 is 1.29 bits per heavy atom. The zero-order valence-corrected chi connectivity index (χ0v) is 15.8. The quantitative estimate of drug-likeness (QED) is 0.798. The van der Waals surface area contributed by atoms with Gasteiger partial charge in [-0.1, -0.05) is 30.4 Å². The van der Waals surface area contributed by atoms with E-state index in [0.717, 1.165) is 31.6 Å². The summed E-state index contributed by atoms with van der Waals surface area (Å²) in [6.45, 7) is 1.37. The van der Waals surface area contributed by atoms with Gasteiger partial charge in [0.25, 0.3) is 5.91 Å². The lowest BCUT2D eigenvalue weighted by atomic mass is 9.76. The fourth-order valence-electron chi connectivity index (χ4n) is 4.81. The molecule has 0 spiro atoms. The molecule has 0 bridgehead atoms. The zero-order valence-electron chi connectivity index (χ0n) is 15.8. The number of allylic oxidation sites excluding steroid dienone is 2. The Labute approximate surface area is 165 Å². The average Bonchev–Trinajstić information content (AvgIpc) is 3.43. The molecule has 2 N–H and O–H groups in total. The maximum absolute atomic E-state index is 13.0. The summed E-state index contributed by atoms with van der Waals surface area (Å²) in [5.74, 6) is 0.736. The summed E-state index contributed by atoms with van der Waals surface area (Å²) in [5.41, 5.74) is 4.04. The normalized spacial score (nSPS) is 27.7. The van der Waals surface area contributed by atoms with E-state index in [1.54, 1.807) is 6.20 Å². The molecule has 1 fully saturated rings. The van der Waals surface area contributed by atoms with Crippen molar-refractivity contribution in [3.05, 3.63) is 71.6 Å². The SMILES string of the molecule is O=C(NCC1CCCO1)c1cccc2c1NC(c1cccnc1)C1CC=CC21. The average molecular weight is 375 g/mol. The largest absolute Gasteiger partial charge is 0.377 e. The fourth-order valence-corrected chi connectivity index (χ4v) is 4.81. The van der Waals surface area contributed by atoms with E-state index in [2.05, 4.69) is 39.9 Å². The lowest BCUT2D eigenvalue weighted by Gasteiger charge is -2.38. The van der Waals surface area contributed by atoms with Crippen LogP contribution in [0, 0.1) is 5.92 Å². The third-order valence-electron chi connectivity index (χ3n) is 6.20. The van der Waals surface area contributed by atoms with Gasteiger partial charge in [-0.15, -0.1) is 0 Å². The van der Waals surface area contributed by atoms with Crippen molar-refractivity contribution in [2.24, 2.45) is 5.92 Å². The molecule has 4 atom stereocenters. The second-order valence-electron chi connectivity index (χ2n) is 7.88. The number of ether oxygens (including phenoxy) is 1. The van der Waals surface area contributed by atoms with E-state index in [-0.39, 0.29) is 18.1 Å². The van der Waals surface area contributed by atoms with Gasteiger partial charge >= 0.3 is 0 Å². The van der Waals surface area contributed by atoms with Gasteiger partial charge in [0, 0.05) is 31.5 Å². The number of anilines is 1. The Kier molecular flexibility index (Phi) is 4.61. The van der Waals surface area contributed by atoms with Crippen LogP contribution >= 0.6 is 0 Å². The fraction of sp³-hybridized carbons (Fsp3) is 0.391. The van der Waals surface area contributed by atoms with Gasteiger partial charge in [-0.3, -0.25) is 9.78 Å². The molecule has 1 saturated heterocycles. The topological polar surface area (TPSA) is 63.2 Å². The molecule has 144 valence electrons. The molecular weight excluding hydrogens is 350 g/mol. The number of para-hydroxylation sites is 1. The first-order valence-corrected chi connectivity index (χ1v) is 10.2. The highest BCUT2D eigenvalue weighted by Crippen LogP contribution is 2.50. The summed E-state index contributed by atoms with van der Waals surface area (Å²) in [6, 6.07) is 10.3. The molecule has 5 nitrogen and oxygen atoms in total. The number of hydrogen-bond donors (Lipinski definition) is 2. The Balaban J connectivity index is 1.45. The van der Waals surface area contributed by atoms with Crippen LogP contribution in [0.25, 0.3) is 0 Å². The molecule has 1 aromatic carbocycles. The summed E-state index contributed by atoms with van der Waals surface area (Å²) in [7, 11) is 0. The lowest BCUT2D eigenvalue weighted by molar-refractivity contribution is 0.0858. The molecule has 28 heavy (non-hydrogen) atoms. The van der Waals surface area contributed by atoms with E-state index >= 15 is 0 Å². The second-order valence-corrected chi connectivity index (χ2v) is 7.88. The van der Waals surface area contributed by atoms with Gasteiger partial charge in [0.2, 0.25) is 0 Å². The first-order chi connectivity index (χ1) is 13.8. The molecule has 1 aromatic heterocycles. The first kappa shape index (κ1) is 17.4. The van der Waals surface area contributed by atoms with Crippen molar-refractivity contribution >= 4 is 11.6 Å². The van der Waals surface area contributed by atoms with E-state index in [1.165, 1.54) is 11.1 Å². The standard InChI is InChI=1S/C23H25N3O2/c27-23(25-14-16-6-4-12-28-16)20-10-2-9-19-17-7-1-8-18(17)21(26-22(19)20)15-5-3-11-24-13-15/h1-3,5,7,9-11,13,16-18,21,26H,4,6,8,12,14H2,(H,25,27). The molecule has 5 rings (SSSR count). The van der Waals surface area contributed by atoms with Gasteiger partial charge in [-0.2, -0.15) is 0 Å². The van der Waals surface area contributed by atoms with Crippen LogP contribution in [0.15, 0.2) is 54.9 Å². The molecule has 1 amide bonds. The predicted octanol–water partition coefficient (Wildman–Crippen LogP) is 3.82. The van der Waals surface area contributed by atoms with Crippen LogP contribution in [0.4, 0.5) is 5.69 Å². The lowest BCUT2D eigenvalue weighted by Crippen LogP contribution is -2.34. The second kappa shape index (κ2) is 7.40. The number of carbonyl (C=O) groups excluding carboxylic acids is 1. The van der Waals surface area contributed by atoms with Gasteiger partial charge in [0.05, 0.1) is 23.4 Å². The third-order valence-corrected chi connectivity index (χ3v) is 6.20. The molecular formula is C23H25N3O2. The van der Waals surface area contributed by atoms with E-state index in [1.807, 2.05) is 24.4 Å². The van der Waals surface area contributed by atoms with Crippen molar-refractivity contribution in [3.63, 3.8) is 0 Å². The molecule has 0 radical (unpaired) electrons.